The normalized spacial score (nSPS) is 14.8. The van der Waals surface area contributed by atoms with Gasteiger partial charge in [-0.2, -0.15) is 0 Å². The largest absolute Gasteiger partial charge is 0.465 e. The summed E-state index contributed by atoms with van der Waals surface area (Å²) < 4.78 is 42.8. The third-order valence-electron chi connectivity index (χ3n) is 4.63. The molecule has 0 aliphatic heterocycles. The summed E-state index contributed by atoms with van der Waals surface area (Å²) in [7, 11) is 0. The van der Waals surface area contributed by atoms with E-state index in [1.807, 2.05) is 0 Å². The number of halogens is 3. The zero-order chi connectivity index (χ0) is 20.0. The lowest BCUT2D eigenvalue weighted by Gasteiger charge is -2.21. The minimum Gasteiger partial charge on any atom is -0.465 e. The fraction of sp³-hybridized carbons (Fsp3) is 0.211. The molecule has 2 N–H and O–H groups in total. The SMILES string of the molecule is O=C(O)NC(c1nc2cccc(F)c2c(=O)n1-c1cc(F)cc(F)c1)C1CC1. The number of amides is 1. The van der Waals surface area contributed by atoms with Crippen LogP contribution in [0.2, 0.25) is 0 Å². The van der Waals surface area contributed by atoms with Gasteiger partial charge >= 0.3 is 6.09 Å². The number of carbonyl (C=O) groups is 1. The summed E-state index contributed by atoms with van der Waals surface area (Å²) in [6.07, 6.45) is 0.0569. The van der Waals surface area contributed by atoms with Crippen LogP contribution in [0.4, 0.5) is 18.0 Å². The highest BCUT2D eigenvalue weighted by molar-refractivity contribution is 5.79. The maximum atomic E-state index is 14.3. The second-order valence-electron chi connectivity index (χ2n) is 6.64. The highest BCUT2D eigenvalue weighted by atomic mass is 19.1. The van der Waals surface area contributed by atoms with Gasteiger partial charge in [0.15, 0.2) is 0 Å². The van der Waals surface area contributed by atoms with Crippen LogP contribution >= 0.6 is 0 Å². The highest BCUT2D eigenvalue weighted by Gasteiger charge is 2.37. The van der Waals surface area contributed by atoms with Crippen molar-refractivity contribution in [1.82, 2.24) is 14.9 Å². The molecule has 2 aromatic carbocycles. The van der Waals surface area contributed by atoms with E-state index < -0.39 is 35.1 Å². The molecule has 1 amide bonds. The lowest BCUT2D eigenvalue weighted by molar-refractivity contribution is 0.187. The molecule has 4 rings (SSSR count). The molecule has 1 heterocycles. The van der Waals surface area contributed by atoms with Gasteiger partial charge in [0.1, 0.15) is 28.7 Å². The van der Waals surface area contributed by atoms with E-state index in [0.29, 0.717) is 18.9 Å². The van der Waals surface area contributed by atoms with E-state index in [0.717, 1.165) is 22.8 Å². The molecule has 1 fully saturated rings. The van der Waals surface area contributed by atoms with Gasteiger partial charge in [-0.15, -0.1) is 0 Å². The molecule has 144 valence electrons. The van der Waals surface area contributed by atoms with Gasteiger partial charge in [-0.25, -0.2) is 22.9 Å². The quantitative estimate of drug-likeness (QED) is 0.715. The van der Waals surface area contributed by atoms with Gasteiger partial charge in [-0.3, -0.25) is 9.36 Å². The van der Waals surface area contributed by atoms with E-state index in [4.69, 9.17) is 0 Å². The summed E-state index contributed by atoms with van der Waals surface area (Å²) in [5.41, 5.74) is -1.04. The van der Waals surface area contributed by atoms with Crippen molar-refractivity contribution in [2.24, 2.45) is 5.92 Å². The number of rotatable bonds is 4. The standard InChI is InChI=1S/C19H14F3N3O3/c20-10-6-11(21)8-12(7-10)25-17(16(9-4-5-9)24-19(27)28)23-14-3-1-2-13(22)15(14)18(25)26/h1-3,6-9,16,24H,4-5H2,(H,27,28). The molecule has 1 aliphatic rings. The average molecular weight is 389 g/mol. The highest BCUT2D eigenvalue weighted by Crippen LogP contribution is 2.41. The Bertz CT molecular complexity index is 1140. The lowest BCUT2D eigenvalue weighted by atomic mass is 10.1. The molecule has 28 heavy (non-hydrogen) atoms. The smallest absolute Gasteiger partial charge is 0.405 e. The summed E-state index contributed by atoms with van der Waals surface area (Å²) in [6, 6.07) is 5.44. The first-order chi connectivity index (χ1) is 13.3. The number of aromatic nitrogens is 2. The third-order valence-corrected chi connectivity index (χ3v) is 4.63. The Kier molecular flexibility index (Phi) is 4.29. The molecular formula is C19H14F3N3O3. The number of nitrogens with zero attached hydrogens (tertiary/aromatic N) is 2. The number of hydrogen-bond donors (Lipinski definition) is 2. The Balaban J connectivity index is 2.07. The van der Waals surface area contributed by atoms with E-state index >= 15 is 0 Å². The maximum Gasteiger partial charge on any atom is 0.405 e. The summed E-state index contributed by atoms with van der Waals surface area (Å²) in [6.45, 7) is 0. The predicted molar refractivity (Wildman–Crippen MR) is 93.8 cm³/mol. The van der Waals surface area contributed by atoms with Crippen LogP contribution in [-0.2, 0) is 0 Å². The predicted octanol–water partition coefficient (Wildman–Crippen LogP) is 3.52. The van der Waals surface area contributed by atoms with E-state index in [1.165, 1.54) is 12.1 Å². The van der Waals surface area contributed by atoms with Crippen molar-refractivity contribution in [2.75, 3.05) is 0 Å². The minimum absolute atomic E-state index is 0.0333. The summed E-state index contributed by atoms with van der Waals surface area (Å²) in [4.78, 5) is 28.7. The van der Waals surface area contributed by atoms with Gasteiger partial charge < -0.3 is 10.4 Å². The summed E-state index contributed by atoms with van der Waals surface area (Å²) >= 11 is 0. The van der Waals surface area contributed by atoms with Crippen molar-refractivity contribution in [1.29, 1.82) is 0 Å². The molecule has 1 aromatic heterocycles. The van der Waals surface area contributed by atoms with E-state index in [1.54, 1.807) is 0 Å². The van der Waals surface area contributed by atoms with Gasteiger partial charge in [0.2, 0.25) is 0 Å². The summed E-state index contributed by atoms with van der Waals surface area (Å²) in [5, 5.41) is 11.2. The van der Waals surface area contributed by atoms with Crippen molar-refractivity contribution < 1.29 is 23.1 Å². The van der Waals surface area contributed by atoms with Gasteiger partial charge in [0, 0.05) is 6.07 Å². The third kappa shape index (κ3) is 3.19. The number of hydrogen-bond acceptors (Lipinski definition) is 3. The number of nitrogens with one attached hydrogen (secondary N) is 1. The van der Waals surface area contributed by atoms with Gasteiger partial charge in [0.05, 0.1) is 17.2 Å². The average Bonchev–Trinajstić information content (AvgIpc) is 3.43. The van der Waals surface area contributed by atoms with Gasteiger partial charge in [-0.1, -0.05) is 6.07 Å². The minimum atomic E-state index is -1.33. The van der Waals surface area contributed by atoms with Gasteiger partial charge in [-0.05, 0) is 43.0 Å². The molecule has 1 saturated carbocycles. The topological polar surface area (TPSA) is 84.2 Å². The van der Waals surface area contributed by atoms with Crippen molar-refractivity contribution in [3.8, 4) is 5.69 Å². The first kappa shape index (κ1) is 18.0. The van der Waals surface area contributed by atoms with Crippen molar-refractivity contribution in [3.05, 3.63) is 70.0 Å². The molecule has 0 spiro atoms. The summed E-state index contributed by atoms with van der Waals surface area (Å²) in [5.74, 6) is -2.87. The first-order valence-electron chi connectivity index (χ1n) is 8.52. The van der Waals surface area contributed by atoms with E-state index in [-0.39, 0.29) is 28.3 Å². The Morgan fingerprint density at radius 1 is 1.18 bits per heavy atom. The van der Waals surface area contributed by atoms with Crippen LogP contribution in [-0.4, -0.2) is 20.8 Å². The van der Waals surface area contributed by atoms with Crippen LogP contribution in [0.5, 0.6) is 0 Å². The monoisotopic (exact) mass is 389 g/mol. The zero-order valence-electron chi connectivity index (χ0n) is 14.3. The molecule has 9 heteroatoms. The second-order valence-corrected chi connectivity index (χ2v) is 6.64. The molecule has 1 aliphatic carbocycles. The van der Waals surface area contributed by atoms with Crippen molar-refractivity contribution in [2.45, 2.75) is 18.9 Å². The molecule has 0 saturated heterocycles. The second kappa shape index (κ2) is 6.66. The Labute approximate surface area is 156 Å². The first-order valence-corrected chi connectivity index (χ1v) is 8.52. The molecular weight excluding hydrogens is 375 g/mol. The number of carboxylic acid groups (broad SMARTS) is 1. The fourth-order valence-corrected chi connectivity index (χ4v) is 3.29. The molecule has 0 radical (unpaired) electrons. The van der Waals surface area contributed by atoms with Crippen LogP contribution in [0.15, 0.2) is 41.2 Å². The molecule has 0 bridgehead atoms. The fourth-order valence-electron chi connectivity index (χ4n) is 3.29. The Morgan fingerprint density at radius 3 is 2.46 bits per heavy atom. The van der Waals surface area contributed by atoms with E-state index in [9.17, 15) is 27.9 Å². The maximum absolute atomic E-state index is 14.3. The van der Waals surface area contributed by atoms with Crippen LogP contribution < -0.4 is 10.9 Å². The number of benzene rings is 2. The Hall–Kier alpha value is -3.36. The molecule has 6 nitrogen and oxygen atoms in total. The molecule has 1 unspecified atom stereocenters. The zero-order valence-corrected chi connectivity index (χ0v) is 14.3. The van der Waals surface area contributed by atoms with Crippen molar-refractivity contribution in [3.63, 3.8) is 0 Å². The number of fused-ring (bicyclic) bond motifs is 1. The van der Waals surface area contributed by atoms with E-state index in [2.05, 4.69) is 10.3 Å². The van der Waals surface area contributed by atoms with Crippen LogP contribution in [0.1, 0.15) is 24.7 Å². The van der Waals surface area contributed by atoms with Crippen LogP contribution in [0.3, 0.4) is 0 Å². The molecule has 1 atom stereocenters. The Morgan fingerprint density at radius 2 is 1.86 bits per heavy atom. The molecule has 3 aromatic rings. The lowest BCUT2D eigenvalue weighted by Crippen LogP contribution is -2.35. The van der Waals surface area contributed by atoms with Crippen molar-refractivity contribution >= 4 is 17.0 Å². The van der Waals surface area contributed by atoms with Crippen LogP contribution in [0, 0.1) is 23.4 Å². The van der Waals surface area contributed by atoms with Gasteiger partial charge in [0.25, 0.3) is 5.56 Å². The van der Waals surface area contributed by atoms with Crippen LogP contribution in [0.25, 0.3) is 16.6 Å².